The molecule has 0 unspecified atom stereocenters. The van der Waals surface area contributed by atoms with Gasteiger partial charge in [0.25, 0.3) is 5.56 Å². The zero-order chi connectivity index (χ0) is 18.0. The molecule has 2 aromatic heterocycles. The molecule has 0 aliphatic rings. The number of para-hydroxylation sites is 1. The van der Waals surface area contributed by atoms with E-state index in [-0.39, 0.29) is 30.3 Å². The first kappa shape index (κ1) is 16.7. The standard InChI is InChI=1S/C15H18N6O4/c1-20-12-11(13(23)18-15(20)24)21(14(17-12)19-16)7-9(22)8-25-10-5-3-2-4-6-10/h2-6,9,22H,7-8,16H2,1H3,(H,17,19)(H,18,23,24)/t9-/m1/s1. The molecule has 0 saturated heterocycles. The number of anilines is 1. The number of imidazole rings is 1. The Balaban J connectivity index is 1.89. The van der Waals surface area contributed by atoms with Crippen molar-refractivity contribution in [2.24, 2.45) is 12.9 Å². The summed E-state index contributed by atoms with van der Waals surface area (Å²) in [7, 11) is 1.48. The third kappa shape index (κ3) is 3.25. The van der Waals surface area contributed by atoms with Gasteiger partial charge in [-0.1, -0.05) is 18.2 Å². The van der Waals surface area contributed by atoms with Crippen molar-refractivity contribution in [3.63, 3.8) is 0 Å². The Morgan fingerprint density at radius 2 is 2.08 bits per heavy atom. The number of nitrogens with two attached hydrogens (primary N) is 1. The highest BCUT2D eigenvalue weighted by Crippen LogP contribution is 2.15. The van der Waals surface area contributed by atoms with Gasteiger partial charge in [0.2, 0.25) is 5.95 Å². The summed E-state index contributed by atoms with van der Waals surface area (Å²) in [6.07, 6.45) is -0.929. The number of aliphatic hydroxyl groups is 1. The lowest BCUT2D eigenvalue weighted by atomic mass is 10.3. The number of hydrogen-bond donors (Lipinski definition) is 4. The van der Waals surface area contributed by atoms with E-state index in [1.807, 2.05) is 18.2 Å². The molecule has 1 aromatic carbocycles. The van der Waals surface area contributed by atoms with Gasteiger partial charge in [-0.2, -0.15) is 4.98 Å². The number of H-pyrrole nitrogens is 1. The quantitative estimate of drug-likeness (QED) is 0.336. The van der Waals surface area contributed by atoms with Gasteiger partial charge >= 0.3 is 5.69 Å². The minimum absolute atomic E-state index is 0.00412. The maximum absolute atomic E-state index is 12.2. The molecular formula is C15H18N6O4. The third-order valence-electron chi connectivity index (χ3n) is 3.72. The van der Waals surface area contributed by atoms with E-state index in [0.717, 1.165) is 0 Å². The molecule has 3 rings (SSSR count). The predicted octanol–water partition coefficient (Wildman–Crippen LogP) is -0.851. The van der Waals surface area contributed by atoms with E-state index in [1.54, 1.807) is 12.1 Å². The largest absolute Gasteiger partial charge is 0.491 e. The van der Waals surface area contributed by atoms with Crippen LogP contribution in [0.15, 0.2) is 39.9 Å². The van der Waals surface area contributed by atoms with Crippen LogP contribution in [0.1, 0.15) is 0 Å². The Morgan fingerprint density at radius 1 is 1.36 bits per heavy atom. The summed E-state index contributed by atoms with van der Waals surface area (Å²) in [6.45, 7) is 0.0154. The molecule has 3 aromatic rings. The number of fused-ring (bicyclic) bond motifs is 1. The Kier molecular flexibility index (Phi) is 4.55. The monoisotopic (exact) mass is 346 g/mol. The molecule has 0 spiro atoms. The van der Waals surface area contributed by atoms with Gasteiger partial charge < -0.3 is 14.4 Å². The first-order valence-corrected chi connectivity index (χ1v) is 7.53. The van der Waals surface area contributed by atoms with Gasteiger partial charge in [-0.3, -0.25) is 19.8 Å². The number of hydrazine groups is 1. The second-order valence-corrected chi connectivity index (χ2v) is 5.46. The summed E-state index contributed by atoms with van der Waals surface area (Å²) < 4.78 is 8.10. The number of aliphatic hydroxyl groups excluding tert-OH is 1. The van der Waals surface area contributed by atoms with Crippen LogP contribution in [0.5, 0.6) is 5.75 Å². The molecule has 0 bridgehead atoms. The van der Waals surface area contributed by atoms with Crippen LogP contribution < -0.4 is 27.3 Å². The number of hydrogen-bond acceptors (Lipinski definition) is 7. The van der Waals surface area contributed by atoms with Crippen molar-refractivity contribution in [3.05, 3.63) is 51.2 Å². The van der Waals surface area contributed by atoms with Crippen LogP contribution in [0, 0.1) is 0 Å². The molecule has 10 nitrogen and oxygen atoms in total. The summed E-state index contributed by atoms with van der Waals surface area (Å²) in [6, 6.07) is 9.04. The molecule has 2 heterocycles. The second-order valence-electron chi connectivity index (χ2n) is 5.46. The van der Waals surface area contributed by atoms with Gasteiger partial charge in [0.1, 0.15) is 18.5 Å². The second kappa shape index (κ2) is 6.79. The van der Waals surface area contributed by atoms with Gasteiger partial charge in [0.15, 0.2) is 11.2 Å². The minimum Gasteiger partial charge on any atom is -0.491 e. The van der Waals surface area contributed by atoms with Crippen LogP contribution in [0.4, 0.5) is 5.95 Å². The number of aromatic nitrogens is 4. The number of benzene rings is 1. The molecule has 0 radical (unpaired) electrons. The molecule has 0 amide bonds. The predicted molar refractivity (Wildman–Crippen MR) is 91.3 cm³/mol. The molecule has 0 fully saturated rings. The number of ether oxygens (including phenoxy) is 1. The minimum atomic E-state index is -0.929. The van der Waals surface area contributed by atoms with E-state index >= 15 is 0 Å². The topological polar surface area (TPSA) is 140 Å². The van der Waals surface area contributed by atoms with Crippen molar-refractivity contribution < 1.29 is 9.84 Å². The van der Waals surface area contributed by atoms with Crippen molar-refractivity contribution in [1.82, 2.24) is 19.1 Å². The van der Waals surface area contributed by atoms with Crippen molar-refractivity contribution in [3.8, 4) is 5.75 Å². The van der Waals surface area contributed by atoms with Crippen LogP contribution in [-0.2, 0) is 13.6 Å². The highest BCUT2D eigenvalue weighted by Gasteiger charge is 2.19. The normalized spacial score (nSPS) is 12.3. The van der Waals surface area contributed by atoms with E-state index in [2.05, 4.69) is 15.4 Å². The lowest BCUT2D eigenvalue weighted by Crippen LogP contribution is -2.31. The Bertz CT molecular complexity index is 991. The Labute approximate surface area is 141 Å². The fraction of sp³-hybridized carbons (Fsp3) is 0.267. The smallest absolute Gasteiger partial charge is 0.329 e. The highest BCUT2D eigenvalue weighted by molar-refractivity contribution is 5.74. The Morgan fingerprint density at radius 3 is 2.76 bits per heavy atom. The number of aryl methyl sites for hydroxylation is 1. The molecule has 0 saturated carbocycles. The Hall–Kier alpha value is -3.11. The van der Waals surface area contributed by atoms with Crippen LogP contribution in [0.2, 0.25) is 0 Å². The highest BCUT2D eigenvalue weighted by atomic mass is 16.5. The maximum Gasteiger partial charge on any atom is 0.329 e. The molecule has 5 N–H and O–H groups in total. The van der Waals surface area contributed by atoms with Crippen LogP contribution in [0.3, 0.4) is 0 Å². The summed E-state index contributed by atoms with van der Waals surface area (Å²) in [4.78, 5) is 30.2. The first-order valence-electron chi connectivity index (χ1n) is 7.53. The number of nitrogens with zero attached hydrogens (tertiary/aromatic N) is 3. The average molecular weight is 346 g/mol. The average Bonchev–Trinajstić information content (AvgIpc) is 2.98. The summed E-state index contributed by atoms with van der Waals surface area (Å²) >= 11 is 0. The zero-order valence-corrected chi connectivity index (χ0v) is 13.5. The number of nitrogen functional groups attached to an aromatic ring is 1. The summed E-state index contributed by atoms with van der Waals surface area (Å²) in [5.41, 5.74) is 1.48. The van der Waals surface area contributed by atoms with E-state index in [1.165, 1.54) is 16.2 Å². The molecule has 132 valence electrons. The van der Waals surface area contributed by atoms with Crippen LogP contribution >= 0.6 is 0 Å². The van der Waals surface area contributed by atoms with E-state index in [0.29, 0.717) is 5.75 Å². The lowest BCUT2D eigenvalue weighted by molar-refractivity contribution is 0.0938. The van der Waals surface area contributed by atoms with Crippen molar-refractivity contribution in [1.29, 1.82) is 0 Å². The molecular weight excluding hydrogens is 328 g/mol. The molecule has 25 heavy (non-hydrogen) atoms. The fourth-order valence-electron chi connectivity index (χ4n) is 2.50. The zero-order valence-electron chi connectivity index (χ0n) is 13.5. The molecule has 10 heteroatoms. The van der Waals surface area contributed by atoms with Gasteiger partial charge in [-0.15, -0.1) is 0 Å². The SMILES string of the molecule is Cn1c(=O)[nH]c(=O)c2c1nc(NN)n2C[C@@H](O)COc1ccccc1. The van der Waals surface area contributed by atoms with Gasteiger partial charge in [-0.05, 0) is 12.1 Å². The first-order chi connectivity index (χ1) is 12.0. The van der Waals surface area contributed by atoms with Crippen molar-refractivity contribution >= 4 is 17.1 Å². The summed E-state index contributed by atoms with van der Waals surface area (Å²) in [5, 5.41) is 10.3. The van der Waals surface area contributed by atoms with E-state index in [4.69, 9.17) is 10.6 Å². The molecule has 0 aliphatic heterocycles. The molecule has 0 aliphatic carbocycles. The number of rotatable bonds is 6. The number of aromatic amines is 1. The van der Waals surface area contributed by atoms with Gasteiger partial charge in [0.05, 0.1) is 6.54 Å². The van der Waals surface area contributed by atoms with E-state index < -0.39 is 17.4 Å². The van der Waals surface area contributed by atoms with Crippen molar-refractivity contribution in [2.75, 3.05) is 12.0 Å². The third-order valence-corrected chi connectivity index (χ3v) is 3.72. The van der Waals surface area contributed by atoms with Crippen molar-refractivity contribution in [2.45, 2.75) is 12.6 Å². The maximum atomic E-state index is 12.2. The van der Waals surface area contributed by atoms with Crippen LogP contribution in [-0.4, -0.2) is 36.9 Å². The fourth-order valence-corrected chi connectivity index (χ4v) is 2.50. The van der Waals surface area contributed by atoms with E-state index in [9.17, 15) is 14.7 Å². The van der Waals surface area contributed by atoms with Gasteiger partial charge in [0, 0.05) is 7.05 Å². The lowest BCUT2D eigenvalue weighted by Gasteiger charge is -2.15. The van der Waals surface area contributed by atoms with Crippen LogP contribution in [0.25, 0.3) is 11.2 Å². The number of nitrogens with one attached hydrogen (secondary N) is 2. The van der Waals surface area contributed by atoms with Gasteiger partial charge in [-0.25, -0.2) is 10.6 Å². The summed E-state index contributed by atoms with van der Waals surface area (Å²) in [5.74, 6) is 6.22. The molecule has 1 atom stereocenters.